The summed E-state index contributed by atoms with van der Waals surface area (Å²) in [6.07, 6.45) is 0.0663. The molecule has 5 heteroatoms. The van der Waals surface area contributed by atoms with Crippen LogP contribution in [0.15, 0.2) is 45.3 Å². The van der Waals surface area contributed by atoms with Crippen molar-refractivity contribution in [2.75, 3.05) is 0 Å². The molecule has 2 aromatic rings. The Morgan fingerprint density at radius 1 is 1.21 bits per heavy atom. The minimum Gasteiger partial charge on any atom is -0.294 e. The van der Waals surface area contributed by atoms with E-state index in [0.29, 0.717) is 15.6 Å². The topological polar surface area (TPSA) is 17.1 Å². The number of ketones is 1. The first kappa shape index (κ1) is 14.7. The smallest absolute Gasteiger partial charge is 0.168 e. The summed E-state index contributed by atoms with van der Waals surface area (Å²) < 4.78 is 14.9. The van der Waals surface area contributed by atoms with Gasteiger partial charge in [-0.05, 0) is 29.8 Å². The monoisotopic (exact) mass is 404 g/mol. The van der Waals surface area contributed by atoms with Gasteiger partial charge in [-0.3, -0.25) is 4.79 Å². The maximum atomic E-state index is 13.3. The van der Waals surface area contributed by atoms with Gasteiger partial charge in [0.2, 0.25) is 0 Å². The van der Waals surface area contributed by atoms with Crippen molar-refractivity contribution in [3.8, 4) is 0 Å². The van der Waals surface area contributed by atoms with Crippen molar-refractivity contribution in [1.29, 1.82) is 0 Å². The second kappa shape index (κ2) is 6.16. The highest BCUT2D eigenvalue weighted by atomic mass is 79.9. The lowest BCUT2D eigenvalue weighted by molar-refractivity contribution is 0.0992. The van der Waals surface area contributed by atoms with Gasteiger partial charge in [-0.25, -0.2) is 4.39 Å². The first-order valence-corrected chi connectivity index (χ1v) is 7.36. The minimum atomic E-state index is -0.512. The molecule has 98 valence electrons. The summed E-state index contributed by atoms with van der Waals surface area (Å²) in [6, 6.07) is 9.75. The van der Waals surface area contributed by atoms with Crippen LogP contribution in [-0.2, 0) is 6.42 Å². The molecule has 0 fully saturated rings. The highest BCUT2D eigenvalue weighted by molar-refractivity contribution is 9.11. The van der Waals surface area contributed by atoms with Crippen molar-refractivity contribution in [3.63, 3.8) is 0 Å². The Hall–Kier alpha value is -0.710. The summed E-state index contributed by atoms with van der Waals surface area (Å²) in [7, 11) is 0. The first-order valence-electron chi connectivity index (χ1n) is 5.40. The molecule has 0 aromatic heterocycles. The second-order valence-electron chi connectivity index (χ2n) is 3.94. The van der Waals surface area contributed by atoms with E-state index in [1.165, 1.54) is 6.07 Å². The van der Waals surface area contributed by atoms with Gasteiger partial charge >= 0.3 is 0 Å². The maximum Gasteiger partial charge on any atom is 0.168 e. The number of carbonyl (C=O) groups excluding carboxylic acids is 1. The number of benzene rings is 2. The van der Waals surface area contributed by atoms with Crippen LogP contribution < -0.4 is 0 Å². The summed E-state index contributed by atoms with van der Waals surface area (Å²) in [5, 5.41) is 0.00378. The summed E-state index contributed by atoms with van der Waals surface area (Å²) in [5.74, 6) is -0.631. The Balaban J connectivity index is 2.28. The molecule has 0 radical (unpaired) electrons. The predicted octanol–water partition coefficient (Wildman–Crippen LogP) is 5.43. The molecule has 19 heavy (non-hydrogen) atoms. The summed E-state index contributed by atoms with van der Waals surface area (Å²) >= 11 is 12.5. The van der Waals surface area contributed by atoms with Crippen molar-refractivity contribution in [2.24, 2.45) is 0 Å². The Bertz CT molecular complexity index is 643. The molecule has 0 bridgehead atoms. The van der Waals surface area contributed by atoms with E-state index in [-0.39, 0.29) is 17.2 Å². The molecule has 0 aliphatic rings. The van der Waals surface area contributed by atoms with Crippen LogP contribution in [0, 0.1) is 5.82 Å². The molecule has 0 atom stereocenters. The first-order chi connectivity index (χ1) is 8.99. The fourth-order valence-electron chi connectivity index (χ4n) is 1.67. The van der Waals surface area contributed by atoms with E-state index in [0.717, 1.165) is 4.47 Å². The van der Waals surface area contributed by atoms with Crippen LogP contribution in [0.25, 0.3) is 0 Å². The molecular formula is C14H8Br2ClFO. The Labute approximate surface area is 132 Å². The van der Waals surface area contributed by atoms with E-state index in [4.69, 9.17) is 11.6 Å². The van der Waals surface area contributed by atoms with Gasteiger partial charge in [-0.15, -0.1) is 0 Å². The number of hydrogen-bond acceptors (Lipinski definition) is 1. The molecule has 2 rings (SSSR count). The molecule has 0 aliphatic carbocycles. The van der Waals surface area contributed by atoms with Crippen molar-refractivity contribution >= 4 is 49.2 Å². The molecule has 0 heterocycles. The highest BCUT2D eigenvalue weighted by Crippen LogP contribution is 2.25. The van der Waals surface area contributed by atoms with Gasteiger partial charge in [0, 0.05) is 20.9 Å². The quantitative estimate of drug-likeness (QED) is 0.621. The van der Waals surface area contributed by atoms with Crippen molar-refractivity contribution in [1.82, 2.24) is 0 Å². The van der Waals surface area contributed by atoms with E-state index in [9.17, 15) is 9.18 Å². The molecule has 1 nitrogen and oxygen atoms in total. The molecule has 0 aliphatic heterocycles. The largest absolute Gasteiger partial charge is 0.294 e. The summed E-state index contributed by atoms with van der Waals surface area (Å²) in [5.41, 5.74) is 1.03. The zero-order valence-corrected chi connectivity index (χ0v) is 13.5. The van der Waals surface area contributed by atoms with E-state index >= 15 is 0 Å². The number of rotatable bonds is 3. The van der Waals surface area contributed by atoms with E-state index < -0.39 is 5.82 Å². The Kier molecular flexibility index (Phi) is 4.76. The van der Waals surface area contributed by atoms with Crippen molar-refractivity contribution in [2.45, 2.75) is 6.42 Å². The molecule has 0 spiro atoms. The van der Waals surface area contributed by atoms with Crippen LogP contribution in [0.5, 0.6) is 0 Å². The Morgan fingerprint density at radius 2 is 1.95 bits per heavy atom. The predicted molar refractivity (Wildman–Crippen MR) is 81.3 cm³/mol. The van der Waals surface area contributed by atoms with Crippen LogP contribution in [0.3, 0.4) is 0 Å². The second-order valence-corrected chi connectivity index (χ2v) is 6.09. The van der Waals surface area contributed by atoms with E-state index in [2.05, 4.69) is 31.9 Å². The van der Waals surface area contributed by atoms with Crippen LogP contribution in [-0.4, -0.2) is 5.78 Å². The van der Waals surface area contributed by atoms with Gasteiger partial charge in [0.25, 0.3) is 0 Å². The van der Waals surface area contributed by atoms with Gasteiger partial charge in [-0.1, -0.05) is 55.6 Å². The normalized spacial score (nSPS) is 10.5. The average molecular weight is 406 g/mol. The van der Waals surface area contributed by atoms with E-state index in [1.54, 1.807) is 30.3 Å². The average Bonchev–Trinajstić information content (AvgIpc) is 2.34. The van der Waals surface area contributed by atoms with Gasteiger partial charge < -0.3 is 0 Å². The zero-order valence-electron chi connectivity index (χ0n) is 9.59. The number of hydrogen-bond donors (Lipinski definition) is 0. The molecule has 0 saturated carbocycles. The van der Waals surface area contributed by atoms with Gasteiger partial charge in [-0.2, -0.15) is 0 Å². The minimum absolute atomic E-state index is 0.00378. The number of Topliss-reactive ketones (excluding diaryl/α,β-unsaturated/α-hetero) is 1. The molecule has 0 N–H and O–H groups in total. The van der Waals surface area contributed by atoms with Crippen LogP contribution >= 0.6 is 43.5 Å². The maximum absolute atomic E-state index is 13.3. The van der Waals surface area contributed by atoms with Crippen molar-refractivity contribution < 1.29 is 9.18 Å². The third kappa shape index (κ3) is 3.44. The number of carbonyl (C=O) groups is 1. The number of halogens is 4. The van der Waals surface area contributed by atoms with Crippen molar-refractivity contribution in [3.05, 3.63) is 67.3 Å². The third-order valence-corrected chi connectivity index (χ3v) is 4.19. The molecule has 2 aromatic carbocycles. The summed E-state index contributed by atoms with van der Waals surface area (Å²) in [6.45, 7) is 0. The summed E-state index contributed by atoms with van der Waals surface area (Å²) in [4.78, 5) is 12.2. The molecular weight excluding hydrogens is 398 g/mol. The molecule has 0 amide bonds. The lowest BCUT2D eigenvalue weighted by Gasteiger charge is -2.06. The lowest BCUT2D eigenvalue weighted by atomic mass is 10.0. The highest BCUT2D eigenvalue weighted by Gasteiger charge is 2.14. The van der Waals surface area contributed by atoms with Gasteiger partial charge in [0.1, 0.15) is 5.82 Å². The van der Waals surface area contributed by atoms with Crippen LogP contribution in [0.2, 0.25) is 5.02 Å². The van der Waals surface area contributed by atoms with Gasteiger partial charge in [0.15, 0.2) is 5.78 Å². The zero-order chi connectivity index (χ0) is 14.0. The van der Waals surface area contributed by atoms with Gasteiger partial charge in [0.05, 0.1) is 5.02 Å². The Morgan fingerprint density at radius 3 is 2.63 bits per heavy atom. The van der Waals surface area contributed by atoms with Crippen LogP contribution in [0.4, 0.5) is 4.39 Å². The molecule has 0 unspecified atom stereocenters. The fraction of sp³-hybridized carbons (Fsp3) is 0.0714. The van der Waals surface area contributed by atoms with Crippen LogP contribution in [0.1, 0.15) is 15.9 Å². The molecule has 0 saturated heterocycles. The SMILES string of the molecule is O=C(Cc1cccc(F)c1Cl)c1ccc(Br)cc1Br. The standard InChI is InChI=1S/C14H8Br2ClFO/c15-9-4-5-10(11(16)7-9)13(19)6-8-2-1-3-12(18)14(8)17/h1-5,7H,6H2. The fourth-order valence-corrected chi connectivity index (χ4v) is 3.13. The van der Waals surface area contributed by atoms with E-state index in [1.807, 2.05) is 0 Å². The lowest BCUT2D eigenvalue weighted by Crippen LogP contribution is -2.05. The third-order valence-electron chi connectivity index (χ3n) is 2.61.